The summed E-state index contributed by atoms with van der Waals surface area (Å²) in [4.78, 5) is 16.0. The Hall–Kier alpha value is -2.88. The van der Waals surface area contributed by atoms with E-state index in [1.165, 1.54) is 17.9 Å². The standard InChI is InChI=1S/C16H14ClF3N6O/c1-10-6-13(16(18,19)20)23-26(10)8-14(27)22-15-21-9-25(24-15)7-11-2-4-12(17)5-3-11/h2-6,9H,7-8H2,1H3,(H,22,24,27). The average Bonchev–Trinajstić information content (AvgIpc) is 3.16. The summed E-state index contributed by atoms with van der Waals surface area (Å²) in [5.74, 6) is -0.533. The minimum atomic E-state index is -4.56. The molecule has 27 heavy (non-hydrogen) atoms. The highest BCUT2D eigenvalue weighted by molar-refractivity contribution is 6.30. The van der Waals surface area contributed by atoms with Crippen LogP contribution < -0.4 is 5.32 Å². The summed E-state index contributed by atoms with van der Waals surface area (Å²) in [5, 5.41) is 10.6. The second-order valence-electron chi connectivity index (χ2n) is 5.77. The van der Waals surface area contributed by atoms with Gasteiger partial charge < -0.3 is 0 Å². The van der Waals surface area contributed by atoms with Crippen molar-refractivity contribution in [1.82, 2.24) is 24.5 Å². The lowest BCUT2D eigenvalue weighted by Crippen LogP contribution is -2.21. The van der Waals surface area contributed by atoms with E-state index in [1.807, 2.05) is 12.1 Å². The number of nitrogens with one attached hydrogen (secondary N) is 1. The van der Waals surface area contributed by atoms with Gasteiger partial charge in [0.25, 0.3) is 0 Å². The molecule has 11 heteroatoms. The van der Waals surface area contributed by atoms with Crippen LogP contribution in [0.3, 0.4) is 0 Å². The second kappa shape index (κ2) is 7.39. The SMILES string of the molecule is Cc1cc(C(F)(F)F)nn1CC(=O)Nc1ncn(Cc2ccc(Cl)cc2)n1. The number of hydrogen-bond acceptors (Lipinski definition) is 4. The highest BCUT2D eigenvalue weighted by atomic mass is 35.5. The third-order valence-corrected chi connectivity index (χ3v) is 3.86. The van der Waals surface area contributed by atoms with Crippen LogP contribution in [-0.4, -0.2) is 30.5 Å². The summed E-state index contributed by atoms with van der Waals surface area (Å²) in [6, 6.07) is 8.05. The number of alkyl halides is 3. The van der Waals surface area contributed by atoms with Crippen LogP contribution in [0.5, 0.6) is 0 Å². The zero-order valence-electron chi connectivity index (χ0n) is 14.0. The number of aryl methyl sites for hydroxylation is 1. The van der Waals surface area contributed by atoms with E-state index in [1.54, 1.807) is 12.1 Å². The third kappa shape index (κ3) is 4.85. The molecule has 0 unspecified atom stereocenters. The number of aromatic nitrogens is 5. The number of nitrogens with zero attached hydrogens (tertiary/aromatic N) is 5. The quantitative estimate of drug-likeness (QED) is 0.716. The van der Waals surface area contributed by atoms with Gasteiger partial charge in [0.15, 0.2) is 5.69 Å². The van der Waals surface area contributed by atoms with E-state index in [9.17, 15) is 18.0 Å². The zero-order valence-corrected chi connectivity index (χ0v) is 14.8. The first-order chi connectivity index (χ1) is 12.7. The first kappa shape index (κ1) is 18.9. The van der Waals surface area contributed by atoms with Crippen molar-refractivity contribution in [3.8, 4) is 0 Å². The van der Waals surface area contributed by atoms with E-state index in [0.29, 0.717) is 11.6 Å². The van der Waals surface area contributed by atoms with Crippen LogP contribution in [0.2, 0.25) is 5.02 Å². The van der Waals surface area contributed by atoms with E-state index in [2.05, 4.69) is 20.5 Å². The number of amides is 1. The van der Waals surface area contributed by atoms with Crippen molar-refractivity contribution < 1.29 is 18.0 Å². The van der Waals surface area contributed by atoms with Gasteiger partial charge in [-0.3, -0.25) is 14.8 Å². The van der Waals surface area contributed by atoms with Gasteiger partial charge in [-0.25, -0.2) is 9.67 Å². The number of halogens is 4. The Balaban J connectivity index is 1.61. The lowest BCUT2D eigenvalue weighted by molar-refractivity contribution is -0.141. The molecule has 1 amide bonds. The molecule has 0 radical (unpaired) electrons. The molecule has 0 fully saturated rings. The van der Waals surface area contributed by atoms with Gasteiger partial charge in [-0.05, 0) is 30.7 Å². The van der Waals surface area contributed by atoms with Gasteiger partial charge in [0.1, 0.15) is 12.9 Å². The van der Waals surface area contributed by atoms with Gasteiger partial charge in [-0.1, -0.05) is 23.7 Å². The molecular weight excluding hydrogens is 385 g/mol. The topological polar surface area (TPSA) is 77.6 Å². The van der Waals surface area contributed by atoms with Crippen molar-refractivity contribution in [2.75, 3.05) is 5.32 Å². The smallest absolute Gasteiger partial charge is 0.292 e. The van der Waals surface area contributed by atoms with E-state index in [-0.39, 0.29) is 18.2 Å². The number of carbonyl (C=O) groups excluding carboxylic acids is 1. The molecule has 142 valence electrons. The molecule has 3 aromatic rings. The highest BCUT2D eigenvalue weighted by Crippen LogP contribution is 2.28. The van der Waals surface area contributed by atoms with Gasteiger partial charge >= 0.3 is 6.18 Å². The van der Waals surface area contributed by atoms with Crippen LogP contribution in [-0.2, 0) is 24.1 Å². The van der Waals surface area contributed by atoms with Crippen molar-refractivity contribution in [3.63, 3.8) is 0 Å². The largest absolute Gasteiger partial charge is 0.435 e. The Kier molecular flexibility index (Phi) is 5.17. The fraction of sp³-hybridized carbons (Fsp3) is 0.250. The molecule has 0 saturated carbocycles. The maximum absolute atomic E-state index is 12.7. The van der Waals surface area contributed by atoms with Gasteiger partial charge in [-0.2, -0.15) is 18.3 Å². The van der Waals surface area contributed by atoms with Crippen molar-refractivity contribution in [1.29, 1.82) is 0 Å². The van der Waals surface area contributed by atoms with Crippen molar-refractivity contribution in [2.45, 2.75) is 26.2 Å². The predicted molar refractivity (Wildman–Crippen MR) is 91.2 cm³/mol. The molecule has 0 saturated heterocycles. The molecule has 2 heterocycles. The normalized spacial score (nSPS) is 11.6. The Morgan fingerprint density at radius 1 is 1.22 bits per heavy atom. The summed E-state index contributed by atoms with van der Waals surface area (Å²) in [6.07, 6.45) is -3.13. The van der Waals surface area contributed by atoms with Crippen LogP contribution in [0.15, 0.2) is 36.7 Å². The van der Waals surface area contributed by atoms with Crippen LogP contribution in [0.25, 0.3) is 0 Å². The first-order valence-corrected chi connectivity index (χ1v) is 8.14. The van der Waals surface area contributed by atoms with Crippen LogP contribution in [0, 0.1) is 6.92 Å². The molecule has 0 bridgehead atoms. The average molecular weight is 399 g/mol. The summed E-state index contributed by atoms with van der Waals surface area (Å²) in [6.45, 7) is 1.48. The fourth-order valence-electron chi connectivity index (χ4n) is 2.31. The van der Waals surface area contributed by atoms with E-state index < -0.39 is 17.8 Å². The maximum atomic E-state index is 12.7. The molecule has 1 aromatic carbocycles. The predicted octanol–water partition coefficient (Wildman–Crippen LogP) is 3.14. The summed E-state index contributed by atoms with van der Waals surface area (Å²) < 4.78 is 40.5. The number of anilines is 1. The molecule has 7 nitrogen and oxygen atoms in total. The van der Waals surface area contributed by atoms with Crippen molar-refractivity contribution in [2.24, 2.45) is 0 Å². The number of carbonyl (C=O) groups is 1. The Morgan fingerprint density at radius 2 is 1.93 bits per heavy atom. The van der Waals surface area contributed by atoms with E-state index in [4.69, 9.17) is 11.6 Å². The van der Waals surface area contributed by atoms with Crippen LogP contribution in [0.1, 0.15) is 17.0 Å². The lowest BCUT2D eigenvalue weighted by Gasteiger charge is -2.04. The summed E-state index contributed by atoms with van der Waals surface area (Å²) >= 11 is 5.83. The number of benzene rings is 1. The molecule has 2 aromatic heterocycles. The molecule has 1 N–H and O–H groups in total. The Bertz CT molecular complexity index is 948. The van der Waals surface area contributed by atoms with Gasteiger partial charge in [0.05, 0.1) is 6.54 Å². The molecule has 3 rings (SSSR count). The second-order valence-corrected chi connectivity index (χ2v) is 6.20. The maximum Gasteiger partial charge on any atom is 0.435 e. The minimum Gasteiger partial charge on any atom is -0.292 e. The molecule has 0 aliphatic rings. The monoisotopic (exact) mass is 398 g/mol. The fourth-order valence-corrected chi connectivity index (χ4v) is 2.44. The number of rotatable bonds is 5. The minimum absolute atomic E-state index is 0.0508. The third-order valence-electron chi connectivity index (χ3n) is 3.61. The Morgan fingerprint density at radius 3 is 2.56 bits per heavy atom. The highest BCUT2D eigenvalue weighted by Gasteiger charge is 2.34. The van der Waals surface area contributed by atoms with Crippen LogP contribution in [0.4, 0.5) is 19.1 Å². The van der Waals surface area contributed by atoms with E-state index in [0.717, 1.165) is 16.3 Å². The van der Waals surface area contributed by atoms with Crippen molar-refractivity contribution in [3.05, 3.63) is 58.6 Å². The lowest BCUT2D eigenvalue weighted by atomic mass is 10.2. The van der Waals surface area contributed by atoms with Gasteiger partial charge in [0.2, 0.25) is 11.9 Å². The number of hydrogen-bond donors (Lipinski definition) is 1. The first-order valence-electron chi connectivity index (χ1n) is 7.76. The van der Waals surface area contributed by atoms with Crippen LogP contribution >= 0.6 is 11.6 Å². The molecular formula is C16H14ClF3N6O. The van der Waals surface area contributed by atoms with Crippen molar-refractivity contribution >= 4 is 23.5 Å². The summed E-state index contributed by atoms with van der Waals surface area (Å²) in [5.41, 5.74) is 0.117. The van der Waals surface area contributed by atoms with Gasteiger partial charge in [-0.15, -0.1) is 5.10 Å². The zero-order chi connectivity index (χ0) is 19.6. The van der Waals surface area contributed by atoms with E-state index >= 15 is 0 Å². The molecule has 0 aliphatic heterocycles. The Labute approximate surface area is 156 Å². The summed E-state index contributed by atoms with van der Waals surface area (Å²) in [7, 11) is 0. The van der Waals surface area contributed by atoms with Gasteiger partial charge in [0, 0.05) is 10.7 Å². The molecule has 0 aliphatic carbocycles. The molecule has 0 spiro atoms. The molecule has 0 atom stereocenters.